The van der Waals surface area contributed by atoms with E-state index in [2.05, 4.69) is 4.99 Å². The van der Waals surface area contributed by atoms with Crippen molar-refractivity contribution in [1.82, 2.24) is 0 Å². The van der Waals surface area contributed by atoms with E-state index < -0.39 is 10.9 Å². The molecule has 2 heterocycles. The molecule has 8 nitrogen and oxygen atoms in total. The topological polar surface area (TPSA) is 100 Å². The van der Waals surface area contributed by atoms with Crippen LogP contribution in [0.5, 0.6) is 11.5 Å². The molecule has 0 amide bonds. The van der Waals surface area contributed by atoms with Crippen molar-refractivity contribution in [3.05, 3.63) is 67.9 Å². The molecule has 2 aliphatic rings. The summed E-state index contributed by atoms with van der Waals surface area (Å²) in [7, 11) is 0. The molecule has 2 aromatic carbocycles. The highest BCUT2D eigenvalue weighted by Gasteiger charge is 2.26. The van der Waals surface area contributed by atoms with Gasteiger partial charge in [0.1, 0.15) is 0 Å². The monoisotopic (exact) mass is 386 g/mol. The summed E-state index contributed by atoms with van der Waals surface area (Å²) in [5.74, 6) is 0.344. The number of rotatable bonds is 3. The molecular formula is C18H11ClN2O6. The summed E-state index contributed by atoms with van der Waals surface area (Å²) in [4.78, 5) is 26.9. The fraction of sp³-hybridized carbons (Fsp3) is 0.111. The fourth-order valence-corrected chi connectivity index (χ4v) is 2.87. The quantitative estimate of drug-likeness (QED) is 0.345. The maximum atomic E-state index is 12.2. The Labute approximate surface area is 157 Å². The molecule has 0 fully saturated rings. The Morgan fingerprint density at radius 3 is 2.70 bits per heavy atom. The van der Waals surface area contributed by atoms with Crippen LogP contribution in [0.4, 0.5) is 5.69 Å². The van der Waals surface area contributed by atoms with Crippen LogP contribution in [-0.4, -0.2) is 23.6 Å². The van der Waals surface area contributed by atoms with E-state index in [1.165, 1.54) is 12.1 Å². The predicted molar refractivity (Wildman–Crippen MR) is 96.0 cm³/mol. The minimum Gasteiger partial charge on any atom is -0.454 e. The van der Waals surface area contributed by atoms with Gasteiger partial charge in [0, 0.05) is 23.3 Å². The van der Waals surface area contributed by atoms with Gasteiger partial charge in [-0.05, 0) is 30.7 Å². The van der Waals surface area contributed by atoms with Crippen molar-refractivity contribution in [3.8, 4) is 11.5 Å². The van der Waals surface area contributed by atoms with Gasteiger partial charge in [-0.2, -0.15) is 0 Å². The molecule has 4 rings (SSSR count). The first-order valence-electron chi connectivity index (χ1n) is 7.79. The lowest BCUT2D eigenvalue weighted by Crippen LogP contribution is -2.06. The lowest BCUT2D eigenvalue weighted by Gasteiger charge is -2.01. The Bertz CT molecular complexity index is 1060. The normalized spacial score (nSPS) is 16.4. The molecule has 9 heteroatoms. The van der Waals surface area contributed by atoms with E-state index >= 15 is 0 Å². The largest absolute Gasteiger partial charge is 0.454 e. The van der Waals surface area contributed by atoms with Gasteiger partial charge in [0.15, 0.2) is 17.2 Å². The molecule has 0 saturated carbocycles. The van der Waals surface area contributed by atoms with E-state index in [1.807, 2.05) is 0 Å². The van der Waals surface area contributed by atoms with E-state index in [-0.39, 0.29) is 24.1 Å². The van der Waals surface area contributed by atoms with E-state index in [0.717, 1.165) is 0 Å². The minimum atomic E-state index is -0.679. The first kappa shape index (κ1) is 17.0. The van der Waals surface area contributed by atoms with Crippen LogP contribution < -0.4 is 9.47 Å². The summed E-state index contributed by atoms with van der Waals surface area (Å²) in [6.07, 6.45) is 1.46. The van der Waals surface area contributed by atoms with Gasteiger partial charge < -0.3 is 14.2 Å². The van der Waals surface area contributed by atoms with Gasteiger partial charge >= 0.3 is 5.97 Å². The smallest absolute Gasteiger partial charge is 0.363 e. The second-order valence-corrected chi connectivity index (χ2v) is 6.23. The summed E-state index contributed by atoms with van der Waals surface area (Å²) in [6.45, 7) is 1.72. The molecule has 0 radical (unpaired) electrons. The van der Waals surface area contributed by atoms with Crippen LogP contribution >= 0.6 is 11.6 Å². The van der Waals surface area contributed by atoms with Gasteiger partial charge in [0.2, 0.25) is 12.7 Å². The number of carbonyl (C=O) groups excluding carboxylic acids is 1. The van der Waals surface area contributed by atoms with Crippen molar-refractivity contribution in [3.63, 3.8) is 0 Å². The predicted octanol–water partition coefficient (Wildman–Crippen LogP) is 3.63. The zero-order valence-corrected chi connectivity index (χ0v) is 14.6. The number of halogens is 1. The Balaban J connectivity index is 1.71. The molecule has 0 unspecified atom stereocenters. The molecule has 0 aromatic heterocycles. The van der Waals surface area contributed by atoms with Crippen molar-refractivity contribution < 1.29 is 23.9 Å². The first-order valence-corrected chi connectivity index (χ1v) is 8.17. The summed E-state index contributed by atoms with van der Waals surface area (Å²) >= 11 is 6.20. The zero-order valence-electron chi connectivity index (χ0n) is 13.9. The van der Waals surface area contributed by atoms with E-state index in [9.17, 15) is 14.9 Å². The maximum absolute atomic E-state index is 12.2. The zero-order chi connectivity index (χ0) is 19.1. The molecule has 136 valence electrons. The van der Waals surface area contributed by atoms with Crippen LogP contribution in [0.2, 0.25) is 5.02 Å². The summed E-state index contributed by atoms with van der Waals surface area (Å²) in [5.41, 5.74) is 1.28. The molecule has 27 heavy (non-hydrogen) atoms. The Kier molecular flexibility index (Phi) is 4.04. The lowest BCUT2D eigenvalue weighted by atomic mass is 10.1. The van der Waals surface area contributed by atoms with Gasteiger partial charge in [-0.25, -0.2) is 9.79 Å². The van der Waals surface area contributed by atoms with E-state index in [0.29, 0.717) is 33.2 Å². The van der Waals surface area contributed by atoms with Gasteiger partial charge in [-0.15, -0.1) is 0 Å². The average Bonchev–Trinajstić information content (AvgIpc) is 3.22. The highest BCUT2D eigenvalue weighted by Crippen LogP contribution is 2.38. The van der Waals surface area contributed by atoms with Crippen LogP contribution in [0.25, 0.3) is 6.08 Å². The van der Waals surface area contributed by atoms with Crippen molar-refractivity contribution in [2.75, 3.05) is 6.79 Å². The molecule has 0 aliphatic carbocycles. The molecule has 0 spiro atoms. The number of cyclic esters (lactones) is 1. The molecule has 2 aromatic rings. The van der Waals surface area contributed by atoms with Crippen molar-refractivity contribution in [1.29, 1.82) is 0 Å². The number of aryl methyl sites for hydroxylation is 1. The number of fused-ring (bicyclic) bond motifs is 1. The lowest BCUT2D eigenvalue weighted by molar-refractivity contribution is -0.385. The number of carbonyl (C=O) groups is 1. The highest BCUT2D eigenvalue weighted by atomic mass is 35.5. The first-order chi connectivity index (χ1) is 12.9. The number of aliphatic imine (C=N–C) groups is 1. The third-order valence-corrected chi connectivity index (χ3v) is 4.38. The van der Waals surface area contributed by atoms with Crippen LogP contribution in [-0.2, 0) is 9.53 Å². The summed E-state index contributed by atoms with van der Waals surface area (Å²) in [6, 6.07) is 7.71. The van der Waals surface area contributed by atoms with Crippen molar-refractivity contribution in [2.24, 2.45) is 4.99 Å². The standard InChI is InChI=1S/C18H11ClN2O6/c1-9-2-3-10(5-14(9)21(23)24)17-20-13(18(22)27-17)4-11-6-15-16(7-12(11)19)26-8-25-15/h2-7H,8H2,1H3/b13-4+. The number of hydrogen-bond donors (Lipinski definition) is 0. The second-order valence-electron chi connectivity index (χ2n) is 5.82. The molecule has 2 aliphatic heterocycles. The van der Waals surface area contributed by atoms with Crippen molar-refractivity contribution in [2.45, 2.75) is 6.92 Å². The number of ether oxygens (including phenoxy) is 3. The molecule has 0 saturated heterocycles. The maximum Gasteiger partial charge on any atom is 0.363 e. The van der Waals surface area contributed by atoms with Crippen molar-refractivity contribution >= 4 is 35.2 Å². The number of esters is 1. The van der Waals surface area contributed by atoms with Crippen LogP contribution in [0.15, 0.2) is 41.0 Å². The summed E-state index contributed by atoms with van der Waals surface area (Å²) in [5, 5.41) is 11.5. The number of nitrogens with zero attached hydrogens (tertiary/aromatic N) is 2. The number of nitro groups is 1. The van der Waals surface area contributed by atoms with E-state index in [1.54, 1.807) is 31.2 Å². The summed E-state index contributed by atoms with van der Waals surface area (Å²) < 4.78 is 15.7. The highest BCUT2D eigenvalue weighted by molar-refractivity contribution is 6.32. The number of hydrogen-bond acceptors (Lipinski definition) is 7. The fourth-order valence-electron chi connectivity index (χ4n) is 2.66. The second kappa shape index (κ2) is 6.40. The van der Waals surface area contributed by atoms with E-state index in [4.69, 9.17) is 25.8 Å². The Morgan fingerprint density at radius 1 is 1.22 bits per heavy atom. The number of nitro benzene ring substituents is 1. The molecule has 0 N–H and O–H groups in total. The number of benzene rings is 2. The van der Waals surface area contributed by atoms with Crippen LogP contribution in [0.3, 0.4) is 0 Å². The molecule has 0 bridgehead atoms. The van der Waals surface area contributed by atoms with Gasteiger partial charge in [0.05, 0.1) is 9.95 Å². The van der Waals surface area contributed by atoms with Gasteiger partial charge in [0.25, 0.3) is 5.69 Å². The van der Waals surface area contributed by atoms with Gasteiger partial charge in [-0.1, -0.05) is 17.7 Å². The molecule has 0 atom stereocenters. The third kappa shape index (κ3) is 3.11. The van der Waals surface area contributed by atoms with Gasteiger partial charge in [-0.3, -0.25) is 10.1 Å². The SMILES string of the molecule is Cc1ccc(C2=N/C(=C/c3cc4c(cc3Cl)OCO4)C(=O)O2)cc1[N+](=O)[O-]. The Morgan fingerprint density at radius 2 is 1.96 bits per heavy atom. The average molecular weight is 387 g/mol. The van der Waals surface area contributed by atoms with Crippen LogP contribution in [0.1, 0.15) is 16.7 Å². The Hall–Kier alpha value is -3.39. The molecular weight excluding hydrogens is 376 g/mol. The third-order valence-electron chi connectivity index (χ3n) is 4.06. The van der Waals surface area contributed by atoms with Crippen LogP contribution in [0, 0.1) is 17.0 Å². The minimum absolute atomic E-state index is 0.00813.